The molecule has 0 aromatic rings. The zero-order chi connectivity index (χ0) is 16.9. The summed E-state index contributed by atoms with van der Waals surface area (Å²) in [5.41, 5.74) is 0. The molecule has 0 saturated carbocycles. The molecule has 2 heterocycles. The molecule has 9 heteroatoms. The maximum absolute atomic E-state index is 12.0. The van der Waals surface area contributed by atoms with Crippen LogP contribution in [0.1, 0.15) is 26.2 Å². The Morgan fingerprint density at radius 3 is 2.48 bits per heavy atom. The molecule has 3 N–H and O–H groups in total. The van der Waals surface area contributed by atoms with Gasteiger partial charge in [-0.3, -0.25) is 15.0 Å². The molecule has 8 nitrogen and oxygen atoms in total. The summed E-state index contributed by atoms with van der Waals surface area (Å²) in [4.78, 5) is 25.2. The second-order valence-electron chi connectivity index (χ2n) is 6.14. The highest BCUT2D eigenvalue weighted by atomic mass is 32.2. The lowest BCUT2D eigenvalue weighted by atomic mass is 10.1. The highest BCUT2D eigenvalue weighted by Gasteiger charge is 2.41. The van der Waals surface area contributed by atoms with E-state index in [4.69, 9.17) is 0 Å². The highest BCUT2D eigenvalue weighted by molar-refractivity contribution is 7.91. The Balaban J connectivity index is 1.88. The lowest BCUT2D eigenvalue weighted by Crippen LogP contribution is -2.53. The zero-order valence-corrected chi connectivity index (χ0v) is 14.3. The van der Waals surface area contributed by atoms with Crippen LogP contribution in [0.3, 0.4) is 0 Å². The first-order valence-electron chi connectivity index (χ1n) is 8.17. The van der Waals surface area contributed by atoms with Crippen molar-refractivity contribution >= 4 is 21.8 Å². The fourth-order valence-corrected chi connectivity index (χ4v) is 5.22. The predicted octanol–water partition coefficient (Wildman–Crippen LogP) is -0.927. The maximum Gasteiger partial charge on any atom is 0.321 e. The van der Waals surface area contributed by atoms with Crippen LogP contribution < -0.4 is 16.0 Å². The van der Waals surface area contributed by atoms with Crippen LogP contribution in [0.5, 0.6) is 0 Å². The molecule has 2 aliphatic rings. The van der Waals surface area contributed by atoms with Gasteiger partial charge in [-0.2, -0.15) is 0 Å². The van der Waals surface area contributed by atoms with E-state index >= 15 is 0 Å². The number of hydrogen-bond donors (Lipinski definition) is 3. The third-order valence-electron chi connectivity index (χ3n) is 4.30. The largest absolute Gasteiger partial charge is 0.338 e. The number of rotatable bonds is 5. The zero-order valence-electron chi connectivity index (χ0n) is 13.5. The van der Waals surface area contributed by atoms with E-state index in [0.29, 0.717) is 6.54 Å². The number of nitrogens with one attached hydrogen (secondary N) is 3. The maximum atomic E-state index is 12.0. The molecule has 0 aromatic carbocycles. The Hall–Kier alpha value is -1.19. The van der Waals surface area contributed by atoms with Crippen molar-refractivity contribution in [2.75, 3.05) is 37.7 Å². The molecule has 3 amide bonds. The normalized spacial score (nSPS) is 27.5. The smallest absolute Gasteiger partial charge is 0.321 e. The number of hydrogen-bond acceptors (Lipinski definition) is 6. The molecule has 2 atom stereocenters. The Labute approximate surface area is 137 Å². The second kappa shape index (κ2) is 8.07. The molecule has 23 heavy (non-hydrogen) atoms. The van der Waals surface area contributed by atoms with Crippen LogP contribution in [0.2, 0.25) is 0 Å². The second-order valence-corrected chi connectivity index (χ2v) is 8.29. The van der Waals surface area contributed by atoms with Crippen LogP contribution in [0, 0.1) is 0 Å². The van der Waals surface area contributed by atoms with Gasteiger partial charge in [0, 0.05) is 18.6 Å². The average molecular weight is 346 g/mol. The van der Waals surface area contributed by atoms with Crippen LogP contribution in [-0.4, -0.2) is 75.0 Å². The molecule has 2 fully saturated rings. The molecule has 0 bridgehead atoms. The Morgan fingerprint density at radius 2 is 1.83 bits per heavy atom. The SMILES string of the molecule is CCNC(=O)NC(=O)CN[C@H]1CS(=O)(=O)C[C@H]1N1CCCCC1. The van der Waals surface area contributed by atoms with Gasteiger partial charge in [0.05, 0.1) is 18.1 Å². The highest BCUT2D eigenvalue weighted by Crippen LogP contribution is 2.22. The molecule has 0 aliphatic carbocycles. The molecule has 2 aliphatic heterocycles. The quantitative estimate of drug-likeness (QED) is 0.594. The molecule has 0 unspecified atom stereocenters. The summed E-state index contributed by atoms with van der Waals surface area (Å²) in [6, 6.07) is -0.887. The van der Waals surface area contributed by atoms with Crippen molar-refractivity contribution in [3.8, 4) is 0 Å². The van der Waals surface area contributed by atoms with Crippen molar-refractivity contribution in [2.45, 2.75) is 38.3 Å². The van der Waals surface area contributed by atoms with Crippen molar-refractivity contribution in [3.05, 3.63) is 0 Å². The molecule has 0 radical (unpaired) electrons. The molecular weight excluding hydrogens is 320 g/mol. The van der Waals surface area contributed by atoms with Crippen LogP contribution in [0.4, 0.5) is 4.79 Å². The number of amides is 3. The number of urea groups is 1. The third kappa shape index (κ3) is 5.43. The number of nitrogens with zero attached hydrogens (tertiary/aromatic N) is 1. The Morgan fingerprint density at radius 1 is 1.13 bits per heavy atom. The van der Waals surface area contributed by atoms with Crippen molar-refractivity contribution < 1.29 is 18.0 Å². The van der Waals surface area contributed by atoms with E-state index in [0.717, 1.165) is 25.9 Å². The summed E-state index contributed by atoms with van der Waals surface area (Å²) in [5.74, 6) is -0.275. The topological polar surface area (TPSA) is 108 Å². The minimum Gasteiger partial charge on any atom is -0.338 e. The van der Waals surface area contributed by atoms with Crippen LogP contribution in [0.25, 0.3) is 0 Å². The van der Waals surface area contributed by atoms with Gasteiger partial charge in [0.25, 0.3) is 0 Å². The van der Waals surface area contributed by atoms with Crippen molar-refractivity contribution in [3.63, 3.8) is 0 Å². The summed E-state index contributed by atoms with van der Waals surface area (Å²) in [7, 11) is -3.09. The fraction of sp³-hybridized carbons (Fsp3) is 0.857. The summed E-state index contributed by atoms with van der Waals surface area (Å²) in [6.07, 6.45) is 3.35. The van der Waals surface area contributed by atoms with Crippen molar-refractivity contribution in [1.29, 1.82) is 0 Å². The van der Waals surface area contributed by atoms with Gasteiger partial charge in [0.2, 0.25) is 5.91 Å². The minimum absolute atomic E-state index is 0.0442. The van der Waals surface area contributed by atoms with Crippen LogP contribution in [-0.2, 0) is 14.6 Å². The van der Waals surface area contributed by atoms with E-state index in [1.165, 1.54) is 6.42 Å². The number of carbonyl (C=O) groups excluding carboxylic acids is 2. The van der Waals surface area contributed by atoms with Gasteiger partial charge in [0.1, 0.15) is 0 Å². The lowest BCUT2D eigenvalue weighted by molar-refractivity contribution is -0.119. The average Bonchev–Trinajstić information content (AvgIpc) is 2.81. The van der Waals surface area contributed by atoms with Gasteiger partial charge >= 0.3 is 6.03 Å². The van der Waals surface area contributed by atoms with Gasteiger partial charge in [0.15, 0.2) is 9.84 Å². The summed E-state index contributed by atoms with van der Waals surface area (Å²) in [6.45, 7) is 3.94. The van der Waals surface area contributed by atoms with Gasteiger partial charge < -0.3 is 10.6 Å². The molecule has 2 saturated heterocycles. The number of likely N-dealkylation sites (tertiary alicyclic amines) is 1. The van der Waals surface area contributed by atoms with E-state index in [1.807, 2.05) is 0 Å². The van der Waals surface area contributed by atoms with E-state index in [-0.39, 0.29) is 30.1 Å². The van der Waals surface area contributed by atoms with Crippen LogP contribution in [0.15, 0.2) is 0 Å². The summed E-state index contributed by atoms with van der Waals surface area (Å²) < 4.78 is 23.9. The van der Waals surface area contributed by atoms with Gasteiger partial charge in [-0.25, -0.2) is 13.2 Å². The monoisotopic (exact) mass is 346 g/mol. The fourth-order valence-electron chi connectivity index (χ4n) is 3.23. The van der Waals surface area contributed by atoms with E-state index in [2.05, 4.69) is 20.9 Å². The van der Waals surface area contributed by atoms with E-state index in [9.17, 15) is 18.0 Å². The first-order chi connectivity index (χ1) is 10.9. The van der Waals surface area contributed by atoms with E-state index in [1.54, 1.807) is 6.92 Å². The first kappa shape index (κ1) is 18.2. The van der Waals surface area contributed by atoms with Gasteiger partial charge in [-0.1, -0.05) is 6.42 Å². The number of carbonyl (C=O) groups is 2. The Kier molecular flexibility index (Phi) is 6.37. The molecule has 2 rings (SSSR count). The number of piperidine rings is 1. The summed E-state index contributed by atoms with van der Waals surface area (Å²) in [5, 5.41) is 7.70. The molecular formula is C14H26N4O4S. The molecule has 0 aromatic heterocycles. The minimum atomic E-state index is -3.09. The predicted molar refractivity (Wildman–Crippen MR) is 86.9 cm³/mol. The summed E-state index contributed by atoms with van der Waals surface area (Å²) >= 11 is 0. The van der Waals surface area contributed by atoms with Crippen molar-refractivity contribution in [2.24, 2.45) is 0 Å². The number of sulfone groups is 1. The third-order valence-corrected chi connectivity index (χ3v) is 6.01. The molecule has 132 valence electrons. The molecule has 0 spiro atoms. The van der Waals surface area contributed by atoms with Gasteiger partial charge in [-0.05, 0) is 32.9 Å². The van der Waals surface area contributed by atoms with Crippen molar-refractivity contribution in [1.82, 2.24) is 20.9 Å². The lowest BCUT2D eigenvalue weighted by Gasteiger charge is -2.35. The number of imide groups is 1. The van der Waals surface area contributed by atoms with Gasteiger partial charge in [-0.15, -0.1) is 0 Å². The first-order valence-corrected chi connectivity index (χ1v) is 9.99. The van der Waals surface area contributed by atoms with Crippen LogP contribution >= 0.6 is 0 Å². The standard InChI is InChI=1S/C14H26N4O4S/c1-2-15-14(20)17-13(19)8-16-11-9-23(21,22)10-12(11)18-6-4-3-5-7-18/h11-12,16H,2-10H2,1H3,(H2,15,17,19,20)/t11-,12+/m0/s1. The Bertz CT molecular complexity index is 531. The van der Waals surface area contributed by atoms with E-state index < -0.39 is 21.8 Å².